The van der Waals surface area contributed by atoms with Gasteiger partial charge in [0.15, 0.2) is 4.96 Å². The minimum atomic E-state index is 0.607. The van der Waals surface area contributed by atoms with Crippen LogP contribution in [0.2, 0.25) is 0 Å². The molecule has 2 aromatic heterocycles. The van der Waals surface area contributed by atoms with Crippen LogP contribution in [0.5, 0.6) is 11.5 Å². The summed E-state index contributed by atoms with van der Waals surface area (Å²) in [5.74, 6) is 2.07. The van der Waals surface area contributed by atoms with Gasteiger partial charge < -0.3 is 15.2 Å². The number of aromatic nitrogens is 2. The zero-order chi connectivity index (χ0) is 14.3. The Morgan fingerprint density at radius 2 is 2.05 bits per heavy atom. The highest BCUT2D eigenvalue weighted by Gasteiger charge is 2.17. The number of hydrogen-bond acceptors (Lipinski definition) is 5. The zero-order valence-electron chi connectivity index (χ0n) is 11.5. The van der Waals surface area contributed by atoms with Crippen LogP contribution in [0.1, 0.15) is 4.88 Å². The molecule has 1 aromatic carbocycles. The van der Waals surface area contributed by atoms with Crippen LogP contribution < -0.4 is 15.2 Å². The normalized spacial score (nSPS) is 10.9. The Hall–Kier alpha value is -2.21. The highest BCUT2D eigenvalue weighted by molar-refractivity contribution is 7.17. The van der Waals surface area contributed by atoms with E-state index in [0.29, 0.717) is 11.5 Å². The van der Waals surface area contributed by atoms with E-state index in [-0.39, 0.29) is 0 Å². The van der Waals surface area contributed by atoms with E-state index in [2.05, 4.69) is 4.98 Å². The summed E-state index contributed by atoms with van der Waals surface area (Å²) in [7, 11) is 3.26. The van der Waals surface area contributed by atoms with Crippen molar-refractivity contribution < 1.29 is 9.47 Å². The van der Waals surface area contributed by atoms with Crippen molar-refractivity contribution in [1.29, 1.82) is 0 Å². The predicted molar refractivity (Wildman–Crippen MR) is 80.8 cm³/mol. The van der Waals surface area contributed by atoms with E-state index in [1.807, 2.05) is 35.7 Å². The van der Waals surface area contributed by atoms with E-state index < -0.39 is 0 Å². The Labute approximate surface area is 120 Å². The number of anilines is 1. The second kappa shape index (κ2) is 4.72. The maximum atomic E-state index is 6.21. The second-order valence-corrected chi connectivity index (χ2v) is 5.62. The molecule has 0 saturated carbocycles. The van der Waals surface area contributed by atoms with Crippen molar-refractivity contribution in [2.45, 2.75) is 6.92 Å². The van der Waals surface area contributed by atoms with E-state index in [9.17, 15) is 0 Å². The fourth-order valence-corrected chi connectivity index (χ4v) is 3.00. The summed E-state index contributed by atoms with van der Waals surface area (Å²) in [6.45, 7) is 2.03. The quantitative estimate of drug-likeness (QED) is 0.805. The maximum Gasteiger partial charge on any atom is 0.196 e. The average molecular weight is 289 g/mol. The van der Waals surface area contributed by atoms with Gasteiger partial charge in [-0.25, -0.2) is 4.98 Å². The minimum absolute atomic E-state index is 0.607. The highest BCUT2D eigenvalue weighted by Crippen LogP contribution is 2.37. The number of nitrogens with zero attached hydrogens (tertiary/aromatic N) is 2. The molecule has 0 radical (unpaired) electrons. The lowest BCUT2D eigenvalue weighted by molar-refractivity contribution is 0.404. The van der Waals surface area contributed by atoms with E-state index in [0.717, 1.165) is 22.0 Å². The molecule has 6 heteroatoms. The van der Waals surface area contributed by atoms with E-state index in [1.54, 1.807) is 25.6 Å². The van der Waals surface area contributed by atoms with Gasteiger partial charge in [-0.3, -0.25) is 4.40 Å². The molecule has 0 aliphatic rings. The number of thiazole rings is 1. The van der Waals surface area contributed by atoms with Crippen LogP contribution in [0, 0.1) is 6.92 Å². The standard InChI is InChI=1S/C14H15N3O2S/c1-8-7-17-13(15)12(16-14(17)20-8)10-6-9(18-2)4-5-11(10)19-3/h4-7H,15H2,1-3H3. The predicted octanol–water partition coefficient (Wildman–Crippen LogP) is 2.97. The first-order valence-corrected chi connectivity index (χ1v) is 6.92. The topological polar surface area (TPSA) is 61.8 Å². The van der Waals surface area contributed by atoms with Crippen molar-refractivity contribution in [3.05, 3.63) is 29.3 Å². The van der Waals surface area contributed by atoms with E-state index in [1.165, 1.54) is 4.88 Å². The smallest absolute Gasteiger partial charge is 0.196 e. The third-order valence-corrected chi connectivity index (χ3v) is 4.04. The summed E-state index contributed by atoms with van der Waals surface area (Å²) in [4.78, 5) is 6.65. The average Bonchev–Trinajstić information content (AvgIpc) is 2.96. The van der Waals surface area contributed by atoms with Gasteiger partial charge in [-0.05, 0) is 25.1 Å². The molecular weight excluding hydrogens is 274 g/mol. The molecule has 0 unspecified atom stereocenters. The summed E-state index contributed by atoms with van der Waals surface area (Å²) in [5, 5.41) is 0. The highest BCUT2D eigenvalue weighted by atomic mass is 32.1. The van der Waals surface area contributed by atoms with Gasteiger partial charge in [0.25, 0.3) is 0 Å². The number of aryl methyl sites for hydroxylation is 1. The molecule has 0 fully saturated rings. The van der Waals surface area contributed by atoms with Gasteiger partial charge >= 0.3 is 0 Å². The molecule has 0 saturated heterocycles. The Bertz CT molecular complexity index is 776. The molecule has 2 N–H and O–H groups in total. The molecule has 0 spiro atoms. The van der Waals surface area contributed by atoms with Crippen molar-refractivity contribution in [3.8, 4) is 22.8 Å². The van der Waals surface area contributed by atoms with Crippen molar-refractivity contribution in [2.24, 2.45) is 0 Å². The molecule has 0 amide bonds. The molecule has 104 valence electrons. The van der Waals surface area contributed by atoms with Gasteiger partial charge in [0.1, 0.15) is 23.0 Å². The van der Waals surface area contributed by atoms with Crippen molar-refractivity contribution in [1.82, 2.24) is 9.38 Å². The van der Waals surface area contributed by atoms with Crippen molar-refractivity contribution in [3.63, 3.8) is 0 Å². The molecule has 3 aromatic rings. The Morgan fingerprint density at radius 1 is 1.25 bits per heavy atom. The SMILES string of the molecule is COc1ccc(OC)c(-c2nc3sc(C)cn3c2N)c1. The fourth-order valence-electron chi connectivity index (χ4n) is 2.17. The number of nitrogens with two attached hydrogens (primary N) is 1. The van der Waals surface area contributed by atoms with Crippen LogP contribution in [-0.4, -0.2) is 23.6 Å². The monoisotopic (exact) mass is 289 g/mol. The van der Waals surface area contributed by atoms with Crippen LogP contribution in [0.4, 0.5) is 5.82 Å². The Kier molecular flexibility index (Phi) is 3.02. The summed E-state index contributed by atoms with van der Waals surface area (Å²) in [6, 6.07) is 5.59. The number of hydrogen-bond donors (Lipinski definition) is 1. The number of methoxy groups -OCH3 is 2. The lowest BCUT2D eigenvalue weighted by Gasteiger charge is -2.09. The Morgan fingerprint density at radius 3 is 2.70 bits per heavy atom. The first-order valence-electron chi connectivity index (χ1n) is 6.10. The lowest BCUT2D eigenvalue weighted by atomic mass is 10.1. The summed E-state index contributed by atoms with van der Waals surface area (Å²) < 4.78 is 12.6. The summed E-state index contributed by atoms with van der Waals surface area (Å²) in [5.41, 5.74) is 7.76. The summed E-state index contributed by atoms with van der Waals surface area (Å²) in [6.07, 6.45) is 1.98. The van der Waals surface area contributed by atoms with E-state index in [4.69, 9.17) is 15.2 Å². The molecule has 0 atom stereocenters. The van der Waals surface area contributed by atoms with Gasteiger partial charge in [0.05, 0.1) is 14.2 Å². The van der Waals surface area contributed by atoms with Crippen molar-refractivity contribution in [2.75, 3.05) is 20.0 Å². The van der Waals surface area contributed by atoms with Gasteiger partial charge in [-0.2, -0.15) is 0 Å². The molecule has 3 rings (SSSR count). The van der Waals surface area contributed by atoms with E-state index >= 15 is 0 Å². The number of nitrogen functional groups attached to an aromatic ring is 1. The molecule has 2 heterocycles. The van der Waals surface area contributed by atoms with Gasteiger partial charge in [-0.1, -0.05) is 0 Å². The van der Waals surface area contributed by atoms with Gasteiger partial charge in [0.2, 0.25) is 0 Å². The molecule has 0 aliphatic heterocycles. The van der Waals surface area contributed by atoms with Crippen LogP contribution in [0.15, 0.2) is 24.4 Å². The number of imidazole rings is 1. The maximum absolute atomic E-state index is 6.21. The third-order valence-electron chi connectivity index (χ3n) is 3.14. The zero-order valence-corrected chi connectivity index (χ0v) is 12.3. The number of rotatable bonds is 3. The van der Waals surface area contributed by atoms with Crippen LogP contribution in [0.3, 0.4) is 0 Å². The molecule has 5 nitrogen and oxygen atoms in total. The van der Waals surface area contributed by atoms with Crippen molar-refractivity contribution >= 4 is 22.1 Å². The Balaban J connectivity index is 2.23. The number of fused-ring (bicyclic) bond motifs is 1. The first-order chi connectivity index (χ1) is 9.63. The second-order valence-electron chi connectivity index (χ2n) is 4.41. The summed E-state index contributed by atoms with van der Waals surface area (Å²) >= 11 is 1.60. The van der Waals surface area contributed by atoms with Crippen LogP contribution >= 0.6 is 11.3 Å². The number of ether oxygens (including phenoxy) is 2. The molecule has 20 heavy (non-hydrogen) atoms. The largest absolute Gasteiger partial charge is 0.497 e. The third kappa shape index (κ3) is 1.89. The van der Waals surface area contributed by atoms with Crippen LogP contribution in [-0.2, 0) is 0 Å². The number of benzene rings is 1. The van der Waals surface area contributed by atoms with Gasteiger partial charge in [-0.15, -0.1) is 11.3 Å². The molecule has 0 aliphatic carbocycles. The fraction of sp³-hybridized carbons (Fsp3) is 0.214. The first kappa shape index (κ1) is 12.8. The molecular formula is C14H15N3O2S. The molecule has 0 bridgehead atoms. The van der Waals surface area contributed by atoms with Crippen LogP contribution in [0.25, 0.3) is 16.2 Å². The van der Waals surface area contributed by atoms with Gasteiger partial charge in [0, 0.05) is 16.6 Å². The lowest BCUT2D eigenvalue weighted by Crippen LogP contribution is -1.95. The minimum Gasteiger partial charge on any atom is -0.497 e.